The highest BCUT2D eigenvalue weighted by Crippen LogP contribution is 2.20. The molecule has 0 amide bonds. The molecule has 4 rings (SSSR count). The van der Waals surface area contributed by atoms with E-state index in [9.17, 15) is 0 Å². The van der Waals surface area contributed by atoms with Crippen molar-refractivity contribution < 1.29 is 0 Å². The molecule has 2 aromatic rings. The number of nitrogens with zero attached hydrogens (tertiary/aromatic N) is 5. The van der Waals surface area contributed by atoms with Crippen LogP contribution in [0.2, 0.25) is 0 Å². The fourth-order valence-corrected chi connectivity index (χ4v) is 3.42. The Kier molecular flexibility index (Phi) is 4.20. The number of rotatable bonds is 4. The van der Waals surface area contributed by atoms with Crippen molar-refractivity contribution in [1.29, 1.82) is 0 Å². The molecular formula is C18H23N5. The highest BCUT2D eigenvalue weighted by Gasteiger charge is 2.14. The third-order valence-electron chi connectivity index (χ3n) is 4.77. The van der Waals surface area contributed by atoms with Crippen LogP contribution in [0.25, 0.3) is 11.3 Å². The summed E-state index contributed by atoms with van der Waals surface area (Å²) < 4.78 is 0. The summed E-state index contributed by atoms with van der Waals surface area (Å²) in [4.78, 5) is 18.5. The second-order valence-electron chi connectivity index (χ2n) is 6.48. The number of anilines is 1. The fraction of sp³-hybridized carbons (Fsp3) is 0.500. The normalized spacial score (nSPS) is 18.7. The number of aromatic nitrogens is 3. The lowest BCUT2D eigenvalue weighted by molar-refractivity contribution is 0.327. The molecule has 120 valence electrons. The van der Waals surface area contributed by atoms with E-state index < -0.39 is 0 Å². The first-order valence-corrected chi connectivity index (χ1v) is 8.63. The third kappa shape index (κ3) is 3.34. The zero-order valence-electron chi connectivity index (χ0n) is 13.5. The zero-order valence-corrected chi connectivity index (χ0v) is 13.5. The predicted octanol–water partition coefficient (Wildman–Crippen LogP) is 2.73. The third-order valence-corrected chi connectivity index (χ3v) is 4.77. The molecule has 0 radical (unpaired) electrons. The van der Waals surface area contributed by atoms with Crippen LogP contribution in [0.1, 0.15) is 31.4 Å². The van der Waals surface area contributed by atoms with E-state index >= 15 is 0 Å². The molecule has 2 aliphatic rings. The monoisotopic (exact) mass is 309 g/mol. The van der Waals surface area contributed by atoms with Gasteiger partial charge in [-0.15, -0.1) is 0 Å². The average molecular weight is 309 g/mol. The zero-order chi connectivity index (χ0) is 15.5. The maximum atomic E-state index is 4.60. The van der Waals surface area contributed by atoms with Gasteiger partial charge in [0.15, 0.2) is 0 Å². The summed E-state index contributed by atoms with van der Waals surface area (Å²) in [6.07, 6.45) is 10.8. The van der Waals surface area contributed by atoms with E-state index in [0.717, 1.165) is 42.4 Å². The van der Waals surface area contributed by atoms with Crippen LogP contribution in [0.15, 0.2) is 30.7 Å². The van der Waals surface area contributed by atoms with Gasteiger partial charge in [0, 0.05) is 31.4 Å². The molecule has 0 aliphatic carbocycles. The molecule has 2 aromatic heterocycles. The largest absolute Gasteiger partial charge is 0.355 e. The molecule has 5 nitrogen and oxygen atoms in total. The quantitative estimate of drug-likeness (QED) is 0.869. The van der Waals surface area contributed by atoms with Crippen molar-refractivity contribution in [1.82, 2.24) is 19.9 Å². The summed E-state index contributed by atoms with van der Waals surface area (Å²) in [6.45, 7) is 5.56. The van der Waals surface area contributed by atoms with Gasteiger partial charge in [-0.3, -0.25) is 14.9 Å². The lowest BCUT2D eigenvalue weighted by Crippen LogP contribution is -2.19. The summed E-state index contributed by atoms with van der Waals surface area (Å²) in [5.74, 6) is 0.991. The van der Waals surface area contributed by atoms with Gasteiger partial charge in [-0.25, -0.2) is 4.98 Å². The molecule has 0 unspecified atom stereocenters. The van der Waals surface area contributed by atoms with Gasteiger partial charge >= 0.3 is 0 Å². The Hall–Kier alpha value is -2.01. The Bertz CT molecular complexity index is 625. The van der Waals surface area contributed by atoms with Crippen LogP contribution < -0.4 is 4.90 Å². The molecule has 2 saturated heterocycles. The van der Waals surface area contributed by atoms with Crippen molar-refractivity contribution in [2.75, 3.05) is 31.1 Å². The van der Waals surface area contributed by atoms with Crippen molar-refractivity contribution in [2.24, 2.45) is 0 Å². The topological polar surface area (TPSA) is 45.2 Å². The first kappa shape index (κ1) is 14.6. The molecule has 0 atom stereocenters. The Labute approximate surface area is 137 Å². The smallest absolute Gasteiger partial charge is 0.147 e. The van der Waals surface area contributed by atoms with E-state index in [1.165, 1.54) is 38.8 Å². The van der Waals surface area contributed by atoms with Gasteiger partial charge in [0.25, 0.3) is 0 Å². The van der Waals surface area contributed by atoms with Crippen LogP contribution in [0.3, 0.4) is 0 Å². The Balaban J connectivity index is 1.44. The Morgan fingerprint density at radius 3 is 2.22 bits per heavy atom. The van der Waals surface area contributed by atoms with Crippen LogP contribution in [0.5, 0.6) is 0 Å². The number of pyridine rings is 1. The van der Waals surface area contributed by atoms with Crippen LogP contribution in [0.4, 0.5) is 5.82 Å². The van der Waals surface area contributed by atoms with Crippen molar-refractivity contribution in [3.8, 4) is 11.3 Å². The Morgan fingerprint density at radius 2 is 1.57 bits per heavy atom. The number of hydrogen-bond acceptors (Lipinski definition) is 5. The first-order chi connectivity index (χ1) is 11.4. The van der Waals surface area contributed by atoms with Gasteiger partial charge in [0.2, 0.25) is 0 Å². The van der Waals surface area contributed by atoms with Gasteiger partial charge in [0.05, 0.1) is 23.8 Å². The Morgan fingerprint density at radius 1 is 0.783 bits per heavy atom. The molecular weight excluding hydrogens is 286 g/mol. The fourth-order valence-electron chi connectivity index (χ4n) is 3.42. The summed E-state index contributed by atoms with van der Waals surface area (Å²) in [5.41, 5.74) is 3.07. The van der Waals surface area contributed by atoms with Crippen LogP contribution in [0, 0.1) is 0 Å². The molecule has 0 N–H and O–H groups in total. The second kappa shape index (κ2) is 6.62. The van der Waals surface area contributed by atoms with Crippen molar-refractivity contribution in [3.63, 3.8) is 0 Å². The van der Waals surface area contributed by atoms with Crippen molar-refractivity contribution in [2.45, 2.75) is 32.2 Å². The molecule has 4 heterocycles. The van der Waals surface area contributed by atoms with E-state index in [1.807, 2.05) is 18.6 Å². The average Bonchev–Trinajstić information content (AvgIpc) is 3.30. The van der Waals surface area contributed by atoms with Crippen LogP contribution >= 0.6 is 0 Å². The molecule has 0 saturated carbocycles. The van der Waals surface area contributed by atoms with Gasteiger partial charge < -0.3 is 4.90 Å². The maximum absolute atomic E-state index is 4.60. The minimum atomic E-state index is 0.896. The number of hydrogen-bond donors (Lipinski definition) is 0. The highest BCUT2D eigenvalue weighted by atomic mass is 15.2. The second-order valence-corrected chi connectivity index (χ2v) is 6.48. The van der Waals surface area contributed by atoms with Crippen LogP contribution in [-0.4, -0.2) is 46.0 Å². The van der Waals surface area contributed by atoms with Crippen LogP contribution in [-0.2, 0) is 6.54 Å². The van der Waals surface area contributed by atoms with Gasteiger partial charge in [-0.05, 0) is 50.9 Å². The predicted molar refractivity (Wildman–Crippen MR) is 91.2 cm³/mol. The van der Waals surface area contributed by atoms with Gasteiger partial charge in [0.1, 0.15) is 5.82 Å². The molecule has 0 spiro atoms. The maximum Gasteiger partial charge on any atom is 0.147 e. The molecule has 2 aliphatic heterocycles. The summed E-state index contributed by atoms with van der Waals surface area (Å²) in [6, 6.07) is 4.22. The van der Waals surface area contributed by atoms with Crippen molar-refractivity contribution in [3.05, 3.63) is 36.4 Å². The molecule has 23 heavy (non-hydrogen) atoms. The molecule has 0 aromatic carbocycles. The lowest BCUT2D eigenvalue weighted by atomic mass is 10.2. The lowest BCUT2D eigenvalue weighted by Gasteiger charge is -2.16. The van der Waals surface area contributed by atoms with E-state index in [2.05, 4.69) is 36.9 Å². The van der Waals surface area contributed by atoms with E-state index in [-0.39, 0.29) is 0 Å². The molecule has 2 fully saturated rings. The first-order valence-electron chi connectivity index (χ1n) is 8.63. The van der Waals surface area contributed by atoms with Gasteiger partial charge in [-0.1, -0.05) is 0 Å². The molecule has 0 bridgehead atoms. The highest BCUT2D eigenvalue weighted by molar-refractivity contribution is 5.57. The summed E-state index contributed by atoms with van der Waals surface area (Å²) >= 11 is 0. The SMILES string of the molecule is c1cc(CN2CCCC2)ncc1-c1cnc(N2CCCC2)cn1. The van der Waals surface area contributed by atoms with Gasteiger partial charge in [-0.2, -0.15) is 0 Å². The summed E-state index contributed by atoms with van der Waals surface area (Å²) in [7, 11) is 0. The van der Waals surface area contributed by atoms with E-state index in [1.54, 1.807) is 0 Å². The molecule has 5 heteroatoms. The minimum absolute atomic E-state index is 0.896. The summed E-state index contributed by atoms with van der Waals surface area (Å²) in [5, 5.41) is 0. The van der Waals surface area contributed by atoms with E-state index in [4.69, 9.17) is 0 Å². The minimum Gasteiger partial charge on any atom is -0.355 e. The number of likely N-dealkylation sites (tertiary alicyclic amines) is 1. The van der Waals surface area contributed by atoms with Crippen molar-refractivity contribution >= 4 is 5.82 Å². The van der Waals surface area contributed by atoms with E-state index in [0.29, 0.717) is 0 Å². The standard InChI is InChI=1S/C18H23N5/c1-2-8-22(7-1)14-16-6-5-15(11-19-16)17-12-21-18(13-20-17)23-9-3-4-10-23/h5-6,11-13H,1-4,7-10,14H2.